The second-order valence-electron chi connectivity index (χ2n) is 3.32. The van der Waals surface area contributed by atoms with Crippen molar-refractivity contribution < 1.29 is 8.76 Å². The van der Waals surface area contributed by atoms with Gasteiger partial charge in [-0.3, -0.25) is 4.21 Å². The van der Waals surface area contributed by atoms with E-state index in [9.17, 15) is 8.76 Å². The molecule has 0 bridgehead atoms. The maximum absolute atomic E-state index is 10.4. The van der Waals surface area contributed by atoms with Crippen LogP contribution in [0.5, 0.6) is 0 Å². The lowest BCUT2D eigenvalue weighted by molar-refractivity contribution is 0.240. The molecule has 0 spiro atoms. The van der Waals surface area contributed by atoms with Gasteiger partial charge in [-0.05, 0) is 11.8 Å². The fraction of sp³-hybridized carbons (Fsp3) is 1.00. The number of hydrogen-bond acceptors (Lipinski definition) is 2. The Morgan fingerprint density at radius 3 is 1.83 bits per heavy atom. The van der Waals surface area contributed by atoms with Crippen molar-refractivity contribution in [2.45, 2.75) is 46.5 Å². The van der Waals surface area contributed by atoms with Crippen molar-refractivity contribution in [1.82, 2.24) is 0 Å². The quantitative estimate of drug-likeness (QED) is 0.605. The summed E-state index contributed by atoms with van der Waals surface area (Å²) in [5.74, 6) is 0.315. The minimum atomic E-state index is -1.87. The highest BCUT2D eigenvalue weighted by Crippen LogP contribution is 2.34. The van der Waals surface area contributed by atoms with Gasteiger partial charge in [-0.2, -0.15) is 0 Å². The zero-order valence-electron chi connectivity index (χ0n) is 8.26. The molecule has 0 rings (SSSR count). The molecule has 0 aromatic rings. The fourth-order valence-electron chi connectivity index (χ4n) is 1.58. The predicted molar refractivity (Wildman–Crippen MR) is 51.7 cm³/mol. The molecule has 0 saturated heterocycles. The van der Waals surface area contributed by atoms with Gasteiger partial charge in [0.15, 0.2) is 0 Å². The Morgan fingerprint density at radius 2 is 1.58 bits per heavy atom. The van der Waals surface area contributed by atoms with E-state index in [0.29, 0.717) is 5.75 Å². The van der Waals surface area contributed by atoms with Gasteiger partial charge in [0.05, 0.1) is 0 Å². The highest BCUT2D eigenvalue weighted by Gasteiger charge is 2.22. The van der Waals surface area contributed by atoms with Gasteiger partial charge in [-0.1, -0.05) is 51.1 Å². The Balaban J connectivity index is 4.01. The summed E-state index contributed by atoms with van der Waals surface area (Å²) in [6.07, 6.45) is 4.05. The maximum atomic E-state index is 10.4. The minimum absolute atomic E-state index is 0.264. The smallest absolute Gasteiger partial charge is 0.0107 e. The average Bonchev–Trinajstić information content (AvgIpc) is 2.08. The van der Waals surface area contributed by atoms with E-state index in [4.69, 9.17) is 0 Å². The van der Waals surface area contributed by atoms with E-state index in [2.05, 4.69) is 20.8 Å². The fourth-order valence-corrected chi connectivity index (χ4v) is 2.18. The van der Waals surface area contributed by atoms with E-state index in [1.165, 1.54) is 0 Å². The van der Waals surface area contributed by atoms with Gasteiger partial charge in [0.25, 0.3) is 0 Å². The molecule has 0 saturated carbocycles. The normalized spacial score (nSPS) is 14.7. The van der Waals surface area contributed by atoms with E-state index >= 15 is 0 Å². The largest absolute Gasteiger partial charge is 0.772 e. The van der Waals surface area contributed by atoms with Crippen LogP contribution < -0.4 is 0 Å². The summed E-state index contributed by atoms with van der Waals surface area (Å²) in [6, 6.07) is 0. The van der Waals surface area contributed by atoms with Crippen LogP contribution in [0.2, 0.25) is 0 Å². The first-order valence-corrected chi connectivity index (χ1v) is 5.90. The highest BCUT2D eigenvalue weighted by molar-refractivity contribution is 7.79. The van der Waals surface area contributed by atoms with Crippen LogP contribution in [0, 0.1) is 5.41 Å². The minimum Gasteiger partial charge on any atom is -0.772 e. The Labute approximate surface area is 78.0 Å². The third kappa shape index (κ3) is 3.68. The van der Waals surface area contributed by atoms with Gasteiger partial charge in [0, 0.05) is 5.75 Å². The monoisotopic (exact) mass is 191 g/mol. The summed E-state index contributed by atoms with van der Waals surface area (Å²) < 4.78 is 20.8. The van der Waals surface area contributed by atoms with Gasteiger partial charge in [-0.25, -0.2) is 0 Å². The second kappa shape index (κ2) is 5.70. The van der Waals surface area contributed by atoms with Gasteiger partial charge < -0.3 is 4.55 Å². The lowest BCUT2D eigenvalue weighted by Crippen LogP contribution is -2.20. The van der Waals surface area contributed by atoms with Crippen molar-refractivity contribution in [3.8, 4) is 0 Å². The van der Waals surface area contributed by atoms with Crippen LogP contribution in [0.4, 0.5) is 0 Å². The molecule has 0 aliphatic rings. The Hall–Kier alpha value is 0.110. The average molecular weight is 191 g/mol. The Bertz CT molecular complexity index is 133. The third-order valence-corrected chi connectivity index (χ3v) is 3.59. The molecule has 0 N–H and O–H groups in total. The molecule has 0 aromatic heterocycles. The van der Waals surface area contributed by atoms with Crippen molar-refractivity contribution in [3.63, 3.8) is 0 Å². The van der Waals surface area contributed by atoms with E-state index in [-0.39, 0.29) is 5.41 Å². The van der Waals surface area contributed by atoms with Gasteiger partial charge in [-0.15, -0.1) is 0 Å². The Morgan fingerprint density at radius 1 is 1.17 bits per heavy atom. The first-order valence-electron chi connectivity index (χ1n) is 4.66. The summed E-state index contributed by atoms with van der Waals surface area (Å²) in [5, 5.41) is 0. The van der Waals surface area contributed by atoms with Gasteiger partial charge in [0.2, 0.25) is 0 Å². The second-order valence-corrected chi connectivity index (χ2v) is 4.33. The topological polar surface area (TPSA) is 40.1 Å². The highest BCUT2D eigenvalue weighted by atomic mass is 32.2. The first-order chi connectivity index (χ1) is 5.60. The summed E-state index contributed by atoms with van der Waals surface area (Å²) in [5.41, 5.74) is 0.264. The van der Waals surface area contributed by atoms with E-state index in [1.54, 1.807) is 0 Å². The molecule has 12 heavy (non-hydrogen) atoms. The van der Waals surface area contributed by atoms with Crippen LogP contribution in [0.25, 0.3) is 0 Å². The molecule has 0 amide bonds. The van der Waals surface area contributed by atoms with Gasteiger partial charge in [0.1, 0.15) is 0 Å². The van der Waals surface area contributed by atoms with Crippen molar-refractivity contribution in [2.24, 2.45) is 5.41 Å². The number of hydrogen-bond donors (Lipinski definition) is 0. The molecule has 0 aliphatic carbocycles. The molecule has 0 aliphatic heterocycles. The SMILES string of the molecule is CCC(CC)(CC)CCS(=O)[O-]. The molecule has 0 radical (unpaired) electrons. The lowest BCUT2D eigenvalue weighted by Gasteiger charge is -2.30. The van der Waals surface area contributed by atoms with Crippen molar-refractivity contribution in [3.05, 3.63) is 0 Å². The standard InChI is InChI=1S/C9H20O2S/c1-4-9(5-2,6-3)7-8-12(10)11/h4-8H2,1-3H3,(H,10,11)/p-1. The van der Waals surface area contributed by atoms with Crippen molar-refractivity contribution >= 4 is 11.1 Å². The summed E-state index contributed by atoms with van der Waals surface area (Å²) >= 11 is -1.87. The van der Waals surface area contributed by atoms with Crippen LogP contribution in [-0.4, -0.2) is 14.5 Å². The lowest BCUT2D eigenvalue weighted by atomic mass is 9.78. The van der Waals surface area contributed by atoms with Crippen LogP contribution in [-0.2, 0) is 11.1 Å². The molecule has 74 valence electrons. The van der Waals surface area contributed by atoms with E-state index < -0.39 is 11.1 Å². The molecule has 2 nitrogen and oxygen atoms in total. The van der Waals surface area contributed by atoms with Crippen molar-refractivity contribution in [1.29, 1.82) is 0 Å². The molecule has 3 heteroatoms. The molecular weight excluding hydrogens is 172 g/mol. The predicted octanol–water partition coefficient (Wildman–Crippen LogP) is 2.47. The van der Waals surface area contributed by atoms with Crippen LogP contribution >= 0.6 is 0 Å². The van der Waals surface area contributed by atoms with Crippen molar-refractivity contribution in [2.75, 3.05) is 5.75 Å². The van der Waals surface area contributed by atoms with Gasteiger partial charge >= 0.3 is 0 Å². The zero-order valence-corrected chi connectivity index (χ0v) is 9.08. The molecular formula is C9H19O2S-. The summed E-state index contributed by atoms with van der Waals surface area (Å²) in [7, 11) is 0. The first kappa shape index (κ1) is 12.1. The summed E-state index contributed by atoms with van der Waals surface area (Å²) in [4.78, 5) is 0. The molecule has 1 atom stereocenters. The van der Waals surface area contributed by atoms with E-state index in [1.807, 2.05) is 0 Å². The van der Waals surface area contributed by atoms with Crippen LogP contribution in [0.3, 0.4) is 0 Å². The molecule has 0 aromatic carbocycles. The van der Waals surface area contributed by atoms with Crippen LogP contribution in [0.1, 0.15) is 46.5 Å². The Kier molecular flexibility index (Phi) is 5.76. The number of rotatable bonds is 6. The third-order valence-electron chi connectivity index (χ3n) is 3.05. The maximum Gasteiger partial charge on any atom is 0.0107 e. The summed E-state index contributed by atoms with van der Waals surface area (Å²) in [6.45, 7) is 6.42. The van der Waals surface area contributed by atoms with E-state index in [0.717, 1.165) is 25.7 Å². The van der Waals surface area contributed by atoms with Crippen LogP contribution in [0.15, 0.2) is 0 Å². The molecule has 0 fully saturated rings. The molecule has 1 unspecified atom stereocenters. The zero-order chi connectivity index (χ0) is 9.61. The molecule has 0 heterocycles.